The van der Waals surface area contributed by atoms with Gasteiger partial charge in [-0.2, -0.15) is 0 Å². The summed E-state index contributed by atoms with van der Waals surface area (Å²) in [6.07, 6.45) is 1.27. The van der Waals surface area contributed by atoms with Gasteiger partial charge < -0.3 is 15.7 Å². The van der Waals surface area contributed by atoms with E-state index in [2.05, 4.69) is 5.16 Å². The number of nitrogens with two attached hydrogens (primary N) is 1. The second-order valence-corrected chi connectivity index (χ2v) is 3.97. The molecule has 0 saturated carbocycles. The van der Waals surface area contributed by atoms with Crippen molar-refractivity contribution in [1.82, 2.24) is 0 Å². The molecule has 0 aromatic heterocycles. The Morgan fingerprint density at radius 2 is 2.00 bits per heavy atom. The highest BCUT2D eigenvalue weighted by Gasteiger charge is 2.16. The van der Waals surface area contributed by atoms with E-state index in [9.17, 15) is 8.78 Å². The molecule has 0 amide bonds. The second-order valence-electron chi connectivity index (χ2n) is 3.97. The number of ether oxygens (including phenoxy) is 1. The van der Waals surface area contributed by atoms with Crippen LogP contribution >= 0.6 is 0 Å². The molecule has 18 heavy (non-hydrogen) atoms. The summed E-state index contributed by atoms with van der Waals surface area (Å²) in [5, 5.41) is 11.1. The standard InChI is InChI=1S/C12H16F2N2O2/c1-3-4-7(2)18-11-9(13)5-8(6-10(11)14)12(15)16-17/h5-7,17H,3-4H2,1-2H3,(H2,15,16). The number of hydrogen-bond acceptors (Lipinski definition) is 3. The molecule has 0 aliphatic rings. The number of oxime groups is 1. The fourth-order valence-electron chi connectivity index (χ4n) is 1.54. The summed E-state index contributed by atoms with van der Waals surface area (Å²) in [6, 6.07) is 1.93. The molecule has 0 heterocycles. The maximum absolute atomic E-state index is 13.7. The molecule has 0 fully saturated rings. The lowest BCUT2D eigenvalue weighted by atomic mass is 10.1. The number of halogens is 2. The fraction of sp³-hybridized carbons (Fsp3) is 0.417. The number of amidine groups is 1. The Kier molecular flexibility index (Phi) is 4.88. The first-order valence-corrected chi connectivity index (χ1v) is 5.63. The van der Waals surface area contributed by atoms with Gasteiger partial charge in [-0.25, -0.2) is 8.78 Å². The number of rotatable bonds is 5. The zero-order chi connectivity index (χ0) is 13.7. The molecule has 0 radical (unpaired) electrons. The lowest BCUT2D eigenvalue weighted by molar-refractivity contribution is 0.191. The highest BCUT2D eigenvalue weighted by atomic mass is 19.1. The van der Waals surface area contributed by atoms with E-state index in [0.717, 1.165) is 18.6 Å². The van der Waals surface area contributed by atoms with Crippen molar-refractivity contribution in [3.8, 4) is 5.75 Å². The smallest absolute Gasteiger partial charge is 0.191 e. The lowest BCUT2D eigenvalue weighted by Crippen LogP contribution is -2.16. The monoisotopic (exact) mass is 258 g/mol. The van der Waals surface area contributed by atoms with Crippen LogP contribution in [0, 0.1) is 11.6 Å². The Balaban J connectivity index is 3.01. The van der Waals surface area contributed by atoms with Gasteiger partial charge in [-0.1, -0.05) is 18.5 Å². The summed E-state index contributed by atoms with van der Waals surface area (Å²) in [5.74, 6) is -2.55. The molecular weight excluding hydrogens is 242 g/mol. The first-order chi connectivity index (χ1) is 8.49. The molecule has 1 aromatic carbocycles. The Morgan fingerprint density at radius 1 is 1.44 bits per heavy atom. The predicted octanol–water partition coefficient (Wildman–Crippen LogP) is 2.63. The van der Waals surface area contributed by atoms with Crippen LogP contribution in [0.4, 0.5) is 8.78 Å². The quantitative estimate of drug-likeness (QED) is 0.369. The first kappa shape index (κ1) is 14.2. The van der Waals surface area contributed by atoms with Gasteiger partial charge in [0.2, 0.25) is 0 Å². The molecule has 1 atom stereocenters. The summed E-state index contributed by atoms with van der Waals surface area (Å²) >= 11 is 0. The molecule has 100 valence electrons. The zero-order valence-corrected chi connectivity index (χ0v) is 10.3. The van der Waals surface area contributed by atoms with Crippen LogP contribution in [-0.4, -0.2) is 17.1 Å². The van der Waals surface area contributed by atoms with Gasteiger partial charge in [0.15, 0.2) is 23.2 Å². The maximum Gasteiger partial charge on any atom is 0.191 e. The van der Waals surface area contributed by atoms with Gasteiger partial charge >= 0.3 is 0 Å². The highest BCUT2D eigenvalue weighted by molar-refractivity contribution is 5.97. The van der Waals surface area contributed by atoms with Crippen molar-refractivity contribution in [2.75, 3.05) is 0 Å². The van der Waals surface area contributed by atoms with E-state index in [1.54, 1.807) is 6.92 Å². The van der Waals surface area contributed by atoms with Crippen molar-refractivity contribution < 1.29 is 18.7 Å². The van der Waals surface area contributed by atoms with Crippen LogP contribution in [0.1, 0.15) is 32.3 Å². The predicted molar refractivity (Wildman–Crippen MR) is 63.9 cm³/mol. The van der Waals surface area contributed by atoms with Gasteiger partial charge in [0.25, 0.3) is 0 Å². The van der Waals surface area contributed by atoms with Gasteiger partial charge in [0.05, 0.1) is 6.10 Å². The Bertz CT molecular complexity index is 427. The third kappa shape index (κ3) is 3.32. The molecule has 0 saturated heterocycles. The minimum atomic E-state index is -0.875. The summed E-state index contributed by atoms with van der Waals surface area (Å²) in [7, 11) is 0. The van der Waals surface area contributed by atoms with Crippen LogP contribution in [0.2, 0.25) is 0 Å². The molecule has 1 aromatic rings. The molecule has 4 nitrogen and oxygen atoms in total. The summed E-state index contributed by atoms with van der Waals surface area (Å²) in [6.45, 7) is 3.69. The third-order valence-electron chi connectivity index (χ3n) is 2.42. The van der Waals surface area contributed by atoms with Gasteiger partial charge in [0, 0.05) is 5.56 Å². The minimum Gasteiger partial charge on any atom is -0.485 e. The molecule has 0 bridgehead atoms. The fourth-order valence-corrected chi connectivity index (χ4v) is 1.54. The molecule has 3 N–H and O–H groups in total. The van der Waals surface area contributed by atoms with Gasteiger partial charge in [-0.3, -0.25) is 0 Å². The SMILES string of the molecule is CCCC(C)Oc1c(F)cc(C(N)=NO)cc1F. The van der Waals surface area contributed by atoms with Crippen molar-refractivity contribution in [3.05, 3.63) is 29.3 Å². The Morgan fingerprint density at radius 3 is 2.44 bits per heavy atom. The van der Waals surface area contributed by atoms with Crippen molar-refractivity contribution in [2.24, 2.45) is 10.9 Å². The van der Waals surface area contributed by atoms with Gasteiger partial charge in [-0.15, -0.1) is 0 Å². The lowest BCUT2D eigenvalue weighted by Gasteiger charge is -2.15. The number of nitrogens with zero attached hydrogens (tertiary/aromatic N) is 1. The minimum absolute atomic E-state index is 0.0389. The van der Waals surface area contributed by atoms with E-state index in [4.69, 9.17) is 15.7 Å². The first-order valence-electron chi connectivity index (χ1n) is 5.63. The van der Waals surface area contributed by atoms with Crippen LogP contribution in [0.25, 0.3) is 0 Å². The maximum atomic E-state index is 13.7. The molecule has 0 aliphatic heterocycles. The average molecular weight is 258 g/mol. The highest BCUT2D eigenvalue weighted by Crippen LogP contribution is 2.25. The van der Waals surface area contributed by atoms with Crippen molar-refractivity contribution in [1.29, 1.82) is 0 Å². The molecule has 1 rings (SSSR count). The van der Waals surface area contributed by atoms with E-state index >= 15 is 0 Å². The van der Waals surface area contributed by atoms with Gasteiger partial charge in [-0.05, 0) is 25.5 Å². The van der Waals surface area contributed by atoms with E-state index < -0.39 is 17.4 Å². The number of hydrogen-bond donors (Lipinski definition) is 2. The average Bonchev–Trinajstić information content (AvgIpc) is 2.32. The summed E-state index contributed by atoms with van der Waals surface area (Å²) < 4.78 is 32.5. The van der Waals surface area contributed by atoms with Crippen LogP contribution in [-0.2, 0) is 0 Å². The van der Waals surface area contributed by atoms with Crippen molar-refractivity contribution in [3.63, 3.8) is 0 Å². The molecular formula is C12H16F2N2O2. The van der Waals surface area contributed by atoms with Crippen LogP contribution in [0.5, 0.6) is 5.75 Å². The van der Waals surface area contributed by atoms with Crippen molar-refractivity contribution in [2.45, 2.75) is 32.8 Å². The Hall–Kier alpha value is -1.85. The third-order valence-corrected chi connectivity index (χ3v) is 2.42. The van der Waals surface area contributed by atoms with Crippen LogP contribution < -0.4 is 10.5 Å². The molecule has 6 heteroatoms. The topological polar surface area (TPSA) is 67.8 Å². The van der Waals surface area contributed by atoms with Crippen LogP contribution in [0.15, 0.2) is 17.3 Å². The number of benzene rings is 1. The van der Waals surface area contributed by atoms with E-state index in [-0.39, 0.29) is 17.5 Å². The van der Waals surface area contributed by atoms with Crippen LogP contribution in [0.3, 0.4) is 0 Å². The molecule has 1 unspecified atom stereocenters. The largest absolute Gasteiger partial charge is 0.485 e. The second kappa shape index (κ2) is 6.18. The van der Waals surface area contributed by atoms with E-state index in [1.165, 1.54) is 0 Å². The molecule has 0 spiro atoms. The molecule has 0 aliphatic carbocycles. The summed E-state index contributed by atoms with van der Waals surface area (Å²) in [5.41, 5.74) is 5.22. The summed E-state index contributed by atoms with van der Waals surface area (Å²) in [4.78, 5) is 0. The van der Waals surface area contributed by atoms with Gasteiger partial charge in [0.1, 0.15) is 0 Å². The zero-order valence-electron chi connectivity index (χ0n) is 10.3. The van der Waals surface area contributed by atoms with E-state index in [1.807, 2.05) is 6.92 Å². The van der Waals surface area contributed by atoms with E-state index in [0.29, 0.717) is 6.42 Å². The normalized spacial score (nSPS) is 13.4. The van der Waals surface area contributed by atoms with Crippen molar-refractivity contribution >= 4 is 5.84 Å². The Labute approximate surface area is 104 Å².